The third-order valence-electron chi connectivity index (χ3n) is 11.4. The van der Waals surface area contributed by atoms with E-state index in [1.54, 1.807) is 6.08 Å². The zero-order chi connectivity index (χ0) is 40.0. The average molecular weight is 772 g/mol. The molecule has 0 fully saturated rings. The summed E-state index contributed by atoms with van der Waals surface area (Å²) in [4.78, 5) is 12.4. The normalized spacial score (nSPS) is 13.2. The van der Waals surface area contributed by atoms with Crippen LogP contribution in [0.2, 0.25) is 0 Å². The number of unbranched alkanes of at least 4 members (excludes halogenated alkanes) is 34. The van der Waals surface area contributed by atoms with Crippen LogP contribution in [0.3, 0.4) is 0 Å². The van der Waals surface area contributed by atoms with Gasteiger partial charge in [-0.2, -0.15) is 0 Å². The molecule has 0 radical (unpaired) electrons. The fourth-order valence-corrected chi connectivity index (χ4v) is 7.55. The molecule has 0 saturated heterocycles. The Balaban J connectivity index is 3.43. The van der Waals surface area contributed by atoms with Crippen LogP contribution in [0.1, 0.15) is 264 Å². The first-order valence-electron chi connectivity index (χ1n) is 24.7. The van der Waals surface area contributed by atoms with Crippen molar-refractivity contribution >= 4 is 5.91 Å². The minimum Gasteiger partial charge on any atom is -0.394 e. The van der Waals surface area contributed by atoms with E-state index in [1.807, 2.05) is 6.08 Å². The van der Waals surface area contributed by atoms with Crippen LogP contribution in [0.4, 0.5) is 0 Å². The van der Waals surface area contributed by atoms with E-state index in [1.165, 1.54) is 205 Å². The molecule has 0 aliphatic carbocycles. The Hall–Kier alpha value is -1.39. The molecule has 324 valence electrons. The first-order chi connectivity index (χ1) is 27.2. The number of nitrogens with one attached hydrogen (secondary N) is 1. The highest BCUT2D eigenvalue weighted by Gasteiger charge is 2.17. The smallest absolute Gasteiger partial charge is 0.220 e. The second-order valence-electron chi connectivity index (χ2n) is 16.9. The van der Waals surface area contributed by atoms with Gasteiger partial charge in [-0.1, -0.05) is 256 Å². The van der Waals surface area contributed by atoms with E-state index in [9.17, 15) is 15.0 Å². The minimum absolute atomic E-state index is 0.0754. The number of hydrogen-bond acceptors (Lipinski definition) is 3. The van der Waals surface area contributed by atoms with Gasteiger partial charge in [-0.25, -0.2) is 0 Å². The number of aliphatic hydroxyl groups is 2. The van der Waals surface area contributed by atoms with Gasteiger partial charge in [0.05, 0.1) is 18.8 Å². The summed E-state index contributed by atoms with van der Waals surface area (Å²) in [5.74, 6) is -0.0754. The standard InChI is InChI=1S/C51H97NO3/c1-3-5-7-9-11-13-15-17-18-19-20-21-22-23-24-25-26-27-28-29-30-31-32-33-34-35-37-39-41-43-45-47-51(55)52-49(48-53)50(54)46-44-42-40-38-36-16-14-12-10-8-6-4-2/h10,12,36,38,44,46,49-50,53-54H,3-9,11,13-35,37,39-43,45,47-48H2,1-2H3,(H,52,55)/b12-10+,38-36+,46-44+. The summed E-state index contributed by atoms with van der Waals surface area (Å²) >= 11 is 0. The molecule has 4 nitrogen and oxygen atoms in total. The summed E-state index contributed by atoms with van der Waals surface area (Å²) in [6, 6.07) is -0.641. The van der Waals surface area contributed by atoms with Gasteiger partial charge in [0.25, 0.3) is 0 Å². The van der Waals surface area contributed by atoms with E-state index in [0.29, 0.717) is 6.42 Å². The predicted octanol–water partition coefficient (Wildman–Crippen LogP) is 15.7. The van der Waals surface area contributed by atoms with Gasteiger partial charge in [-0.05, 0) is 38.5 Å². The number of allylic oxidation sites excluding steroid dienone is 5. The molecule has 2 unspecified atom stereocenters. The second kappa shape index (κ2) is 47.0. The molecule has 0 heterocycles. The molecule has 2 atom stereocenters. The maximum Gasteiger partial charge on any atom is 0.220 e. The molecule has 0 rings (SSSR count). The van der Waals surface area contributed by atoms with Gasteiger partial charge in [0.15, 0.2) is 0 Å². The van der Waals surface area contributed by atoms with Gasteiger partial charge in [-0.3, -0.25) is 4.79 Å². The zero-order valence-electron chi connectivity index (χ0n) is 37.2. The largest absolute Gasteiger partial charge is 0.394 e. The fourth-order valence-electron chi connectivity index (χ4n) is 7.55. The summed E-state index contributed by atoms with van der Waals surface area (Å²) in [5.41, 5.74) is 0. The molecule has 1 amide bonds. The number of hydrogen-bond donors (Lipinski definition) is 3. The van der Waals surface area contributed by atoms with E-state index < -0.39 is 12.1 Å². The van der Waals surface area contributed by atoms with Gasteiger partial charge in [0.1, 0.15) is 0 Å². The van der Waals surface area contributed by atoms with E-state index in [0.717, 1.165) is 38.5 Å². The number of rotatable bonds is 45. The SMILES string of the molecule is CCCC/C=C/CC/C=C/CC/C=C/C(O)C(CO)NC(=O)CCCCCCCCCCCCCCCCCCCCCCCCCCCCCCCCC. The minimum atomic E-state index is -0.866. The molecular formula is C51H97NO3. The third-order valence-corrected chi connectivity index (χ3v) is 11.4. The van der Waals surface area contributed by atoms with Crippen molar-refractivity contribution in [3.63, 3.8) is 0 Å². The molecule has 0 bridgehead atoms. The van der Waals surface area contributed by atoms with Crippen LogP contribution in [0.25, 0.3) is 0 Å². The molecule has 0 saturated carbocycles. The van der Waals surface area contributed by atoms with Crippen molar-refractivity contribution in [1.82, 2.24) is 5.32 Å². The average Bonchev–Trinajstić information content (AvgIpc) is 3.19. The molecule has 0 aromatic rings. The van der Waals surface area contributed by atoms with Gasteiger partial charge < -0.3 is 15.5 Å². The van der Waals surface area contributed by atoms with Gasteiger partial charge in [0.2, 0.25) is 5.91 Å². The van der Waals surface area contributed by atoms with Crippen LogP contribution in [-0.2, 0) is 4.79 Å². The highest BCUT2D eigenvalue weighted by Crippen LogP contribution is 2.17. The lowest BCUT2D eigenvalue weighted by atomic mass is 10.0. The highest BCUT2D eigenvalue weighted by molar-refractivity contribution is 5.76. The number of carbonyl (C=O) groups is 1. The molecule has 55 heavy (non-hydrogen) atoms. The van der Waals surface area contributed by atoms with Crippen LogP contribution >= 0.6 is 0 Å². The highest BCUT2D eigenvalue weighted by atomic mass is 16.3. The molecule has 0 aliphatic heterocycles. The third kappa shape index (κ3) is 43.6. The topological polar surface area (TPSA) is 69.6 Å². The van der Waals surface area contributed by atoms with Gasteiger partial charge >= 0.3 is 0 Å². The van der Waals surface area contributed by atoms with Gasteiger partial charge in [0, 0.05) is 6.42 Å². The van der Waals surface area contributed by atoms with Crippen LogP contribution in [-0.4, -0.2) is 34.9 Å². The zero-order valence-corrected chi connectivity index (χ0v) is 37.2. The lowest BCUT2D eigenvalue weighted by Gasteiger charge is -2.19. The Labute approximate surface area is 344 Å². The number of aliphatic hydroxyl groups excluding tert-OH is 2. The first kappa shape index (κ1) is 53.6. The van der Waals surface area contributed by atoms with Crippen molar-refractivity contribution in [2.24, 2.45) is 0 Å². The molecule has 4 heteroatoms. The Morgan fingerprint density at radius 1 is 0.418 bits per heavy atom. The van der Waals surface area contributed by atoms with Crippen LogP contribution in [0.15, 0.2) is 36.5 Å². The Bertz CT molecular complexity index is 836. The van der Waals surface area contributed by atoms with Crippen molar-refractivity contribution in [2.45, 2.75) is 276 Å². The number of carbonyl (C=O) groups excluding carboxylic acids is 1. The molecule has 0 aliphatic rings. The van der Waals surface area contributed by atoms with Crippen molar-refractivity contribution in [3.05, 3.63) is 36.5 Å². The van der Waals surface area contributed by atoms with Crippen molar-refractivity contribution < 1.29 is 15.0 Å². The summed E-state index contributed by atoms with van der Waals surface area (Å²) in [5, 5.41) is 22.9. The van der Waals surface area contributed by atoms with Crippen LogP contribution in [0.5, 0.6) is 0 Å². The Morgan fingerprint density at radius 3 is 1.04 bits per heavy atom. The molecule has 0 spiro atoms. The first-order valence-corrected chi connectivity index (χ1v) is 24.7. The monoisotopic (exact) mass is 772 g/mol. The molecule has 0 aromatic heterocycles. The maximum atomic E-state index is 12.4. The second-order valence-corrected chi connectivity index (χ2v) is 16.9. The molecular weight excluding hydrogens is 675 g/mol. The lowest BCUT2D eigenvalue weighted by molar-refractivity contribution is -0.123. The van der Waals surface area contributed by atoms with E-state index in [-0.39, 0.29) is 12.5 Å². The van der Waals surface area contributed by atoms with Crippen molar-refractivity contribution in [3.8, 4) is 0 Å². The summed E-state index contributed by atoms with van der Waals surface area (Å²) in [7, 11) is 0. The molecule has 3 N–H and O–H groups in total. The Morgan fingerprint density at radius 2 is 0.709 bits per heavy atom. The van der Waals surface area contributed by atoms with Gasteiger partial charge in [-0.15, -0.1) is 0 Å². The van der Waals surface area contributed by atoms with Crippen molar-refractivity contribution in [2.75, 3.05) is 6.61 Å². The maximum absolute atomic E-state index is 12.4. The van der Waals surface area contributed by atoms with E-state index >= 15 is 0 Å². The van der Waals surface area contributed by atoms with Crippen LogP contribution < -0.4 is 5.32 Å². The quantitative estimate of drug-likeness (QED) is 0.0426. The lowest BCUT2D eigenvalue weighted by Crippen LogP contribution is -2.45. The predicted molar refractivity (Wildman–Crippen MR) is 244 cm³/mol. The Kier molecular flexibility index (Phi) is 45.8. The fraction of sp³-hybridized carbons (Fsp3) is 0.863. The summed E-state index contributed by atoms with van der Waals surface area (Å²) in [6.07, 6.45) is 63.0. The number of amides is 1. The van der Waals surface area contributed by atoms with Crippen LogP contribution in [0, 0.1) is 0 Å². The summed E-state index contributed by atoms with van der Waals surface area (Å²) in [6.45, 7) is 4.26. The van der Waals surface area contributed by atoms with E-state index in [4.69, 9.17) is 0 Å². The molecule has 0 aromatic carbocycles. The summed E-state index contributed by atoms with van der Waals surface area (Å²) < 4.78 is 0. The van der Waals surface area contributed by atoms with Crippen molar-refractivity contribution in [1.29, 1.82) is 0 Å². The van der Waals surface area contributed by atoms with E-state index in [2.05, 4.69) is 43.5 Å².